The van der Waals surface area contributed by atoms with Gasteiger partial charge in [0.2, 0.25) is 0 Å². The van der Waals surface area contributed by atoms with Crippen molar-refractivity contribution in [3.63, 3.8) is 0 Å². The van der Waals surface area contributed by atoms with E-state index >= 15 is 0 Å². The Kier molecular flexibility index (Phi) is 5.97. The highest BCUT2D eigenvalue weighted by molar-refractivity contribution is 9.10. The Labute approximate surface area is 141 Å². The van der Waals surface area contributed by atoms with Crippen molar-refractivity contribution in [1.82, 2.24) is 10.4 Å². The fourth-order valence-corrected chi connectivity index (χ4v) is 2.72. The van der Waals surface area contributed by atoms with Crippen LogP contribution in [0.3, 0.4) is 0 Å². The molecule has 0 saturated heterocycles. The van der Waals surface area contributed by atoms with Crippen molar-refractivity contribution in [2.75, 3.05) is 0 Å². The molecule has 2 N–H and O–H groups in total. The summed E-state index contributed by atoms with van der Waals surface area (Å²) in [5.74, 6) is -0.140. The highest BCUT2D eigenvalue weighted by atomic mass is 79.9. The second-order valence-electron chi connectivity index (χ2n) is 4.37. The molecule has 1 atom stereocenters. The van der Waals surface area contributed by atoms with E-state index in [1.807, 2.05) is 18.2 Å². The van der Waals surface area contributed by atoms with Gasteiger partial charge in [0.05, 0.1) is 16.5 Å². The van der Waals surface area contributed by atoms with Crippen molar-refractivity contribution in [2.24, 2.45) is 5.10 Å². The fraction of sp³-hybridized carbons (Fsp3) is 0.133. The second kappa shape index (κ2) is 7.95. The van der Waals surface area contributed by atoms with Crippen molar-refractivity contribution in [3.8, 4) is 5.75 Å². The summed E-state index contributed by atoms with van der Waals surface area (Å²) in [7, 11) is 0. The van der Waals surface area contributed by atoms with Gasteiger partial charge in [-0.3, -0.25) is 4.79 Å². The van der Waals surface area contributed by atoms with Crippen molar-refractivity contribution >= 4 is 39.8 Å². The van der Waals surface area contributed by atoms with Crippen LogP contribution in [0.5, 0.6) is 5.75 Å². The quantitative estimate of drug-likeness (QED) is 0.475. The smallest absolute Gasteiger partial charge is 0.253 e. The molecule has 114 valence electrons. The Bertz CT molecular complexity index is 680. The molecule has 1 heterocycles. The van der Waals surface area contributed by atoms with Crippen LogP contribution < -0.4 is 5.43 Å². The third-order valence-corrected chi connectivity index (χ3v) is 4.22. The predicted octanol–water partition coefficient (Wildman–Crippen LogP) is 3.18. The minimum Gasteiger partial charge on any atom is -0.507 e. The van der Waals surface area contributed by atoms with Gasteiger partial charge in [0.1, 0.15) is 5.75 Å². The molecule has 1 aromatic carbocycles. The third kappa shape index (κ3) is 4.85. The first-order valence-electron chi connectivity index (χ1n) is 6.45. The lowest BCUT2D eigenvalue weighted by molar-refractivity contribution is -0.120. The van der Waals surface area contributed by atoms with E-state index < -0.39 is 0 Å². The molecule has 0 aliphatic rings. The van der Waals surface area contributed by atoms with Gasteiger partial charge < -0.3 is 5.11 Å². The molecule has 0 radical (unpaired) electrons. The lowest BCUT2D eigenvalue weighted by Crippen LogP contribution is -2.26. The predicted molar refractivity (Wildman–Crippen MR) is 91.1 cm³/mol. The van der Waals surface area contributed by atoms with Crippen LogP contribution in [0.4, 0.5) is 0 Å². The van der Waals surface area contributed by atoms with Gasteiger partial charge in [-0.2, -0.15) is 5.10 Å². The minimum absolute atomic E-state index is 0.0945. The van der Waals surface area contributed by atoms with Gasteiger partial charge in [0.25, 0.3) is 5.91 Å². The number of amides is 1. The van der Waals surface area contributed by atoms with E-state index in [0.29, 0.717) is 5.56 Å². The number of hydrogen-bond acceptors (Lipinski definition) is 5. The summed E-state index contributed by atoms with van der Waals surface area (Å²) < 4.78 is 0.817. The zero-order chi connectivity index (χ0) is 15.9. The summed E-state index contributed by atoms with van der Waals surface area (Å²) in [6.45, 7) is 1.78. The van der Waals surface area contributed by atoms with E-state index in [9.17, 15) is 9.90 Å². The SMILES string of the molecule is C[C@H](Sc1ccccn1)C(=O)N/N=C\c1cc(Br)ccc1O. The molecule has 0 unspecified atom stereocenters. The average molecular weight is 380 g/mol. The number of halogens is 1. The Hall–Kier alpha value is -1.86. The van der Waals surface area contributed by atoms with Crippen LogP contribution in [0.25, 0.3) is 0 Å². The molecule has 5 nitrogen and oxygen atoms in total. The number of benzene rings is 1. The number of carbonyl (C=O) groups excluding carboxylic acids is 1. The number of phenols is 1. The monoisotopic (exact) mass is 379 g/mol. The molecular weight excluding hydrogens is 366 g/mol. The first kappa shape index (κ1) is 16.5. The van der Waals surface area contributed by atoms with Gasteiger partial charge in [-0.05, 0) is 37.3 Å². The van der Waals surface area contributed by atoms with Gasteiger partial charge in [0.15, 0.2) is 0 Å². The van der Waals surface area contributed by atoms with Gasteiger partial charge in [-0.25, -0.2) is 10.4 Å². The number of aromatic nitrogens is 1. The maximum atomic E-state index is 11.9. The molecule has 2 aromatic rings. The molecule has 7 heteroatoms. The molecule has 1 amide bonds. The highest BCUT2D eigenvalue weighted by Crippen LogP contribution is 2.21. The Morgan fingerprint density at radius 2 is 2.27 bits per heavy atom. The molecule has 0 fully saturated rings. The summed E-state index contributed by atoms with van der Waals surface area (Å²) in [5.41, 5.74) is 2.97. The number of phenolic OH excluding ortho intramolecular Hbond substituents is 1. The summed E-state index contributed by atoms with van der Waals surface area (Å²) in [6.07, 6.45) is 3.08. The van der Waals surface area contributed by atoms with Crippen LogP contribution in [0.1, 0.15) is 12.5 Å². The fourth-order valence-electron chi connectivity index (χ4n) is 1.54. The number of rotatable bonds is 5. The number of hydrogen-bond donors (Lipinski definition) is 2. The molecule has 0 bridgehead atoms. The Morgan fingerprint density at radius 1 is 1.45 bits per heavy atom. The highest BCUT2D eigenvalue weighted by Gasteiger charge is 2.14. The lowest BCUT2D eigenvalue weighted by Gasteiger charge is -2.08. The summed E-state index contributed by atoms with van der Waals surface area (Å²) in [6, 6.07) is 10.5. The molecular formula is C15H14BrN3O2S. The van der Waals surface area contributed by atoms with Gasteiger partial charge >= 0.3 is 0 Å². The molecule has 0 spiro atoms. The summed E-state index contributed by atoms with van der Waals surface area (Å²) >= 11 is 4.66. The Morgan fingerprint density at radius 3 is 3.00 bits per heavy atom. The zero-order valence-electron chi connectivity index (χ0n) is 11.7. The topological polar surface area (TPSA) is 74.6 Å². The minimum atomic E-state index is -0.330. The summed E-state index contributed by atoms with van der Waals surface area (Å²) in [4.78, 5) is 16.1. The maximum absolute atomic E-state index is 11.9. The third-order valence-electron chi connectivity index (χ3n) is 2.67. The number of nitrogens with one attached hydrogen (secondary N) is 1. The van der Waals surface area contributed by atoms with Gasteiger partial charge in [0, 0.05) is 16.2 Å². The van der Waals surface area contributed by atoms with Crippen molar-refractivity contribution < 1.29 is 9.90 Å². The maximum Gasteiger partial charge on any atom is 0.253 e. The number of nitrogens with zero attached hydrogens (tertiary/aromatic N) is 2. The van der Waals surface area contributed by atoms with Crippen LogP contribution in [-0.2, 0) is 4.79 Å². The molecule has 0 aliphatic heterocycles. The molecule has 0 saturated carbocycles. The molecule has 22 heavy (non-hydrogen) atoms. The lowest BCUT2D eigenvalue weighted by atomic mass is 10.2. The standard InChI is InChI=1S/C15H14BrN3O2S/c1-10(22-14-4-2-3-7-17-14)15(21)19-18-9-11-8-12(16)5-6-13(11)20/h2-10,20H,1H3,(H,19,21)/b18-9-/t10-/m0/s1. The van der Waals surface area contributed by atoms with Crippen LogP contribution in [-0.4, -0.2) is 27.5 Å². The van der Waals surface area contributed by atoms with Crippen LogP contribution >= 0.6 is 27.7 Å². The second-order valence-corrected chi connectivity index (χ2v) is 6.64. The zero-order valence-corrected chi connectivity index (χ0v) is 14.1. The largest absolute Gasteiger partial charge is 0.507 e. The van der Waals surface area contributed by atoms with Crippen molar-refractivity contribution in [3.05, 3.63) is 52.6 Å². The normalized spacial score (nSPS) is 12.3. The van der Waals surface area contributed by atoms with Crippen molar-refractivity contribution in [1.29, 1.82) is 0 Å². The van der Waals surface area contributed by atoms with E-state index in [4.69, 9.17) is 0 Å². The summed E-state index contributed by atoms with van der Waals surface area (Å²) in [5, 5.41) is 14.0. The van der Waals surface area contributed by atoms with E-state index in [1.165, 1.54) is 18.0 Å². The first-order chi connectivity index (χ1) is 10.6. The van der Waals surface area contributed by atoms with E-state index in [-0.39, 0.29) is 16.9 Å². The van der Waals surface area contributed by atoms with Gasteiger partial charge in [-0.15, -0.1) is 0 Å². The Balaban J connectivity index is 1.91. The van der Waals surface area contributed by atoms with Crippen LogP contribution in [0.15, 0.2) is 57.2 Å². The van der Waals surface area contributed by atoms with Gasteiger partial charge in [-0.1, -0.05) is 33.8 Å². The van der Waals surface area contributed by atoms with E-state index in [1.54, 1.807) is 31.3 Å². The molecule has 1 aromatic heterocycles. The number of aromatic hydroxyl groups is 1. The number of pyridine rings is 1. The van der Waals surface area contributed by atoms with Crippen LogP contribution in [0, 0.1) is 0 Å². The van der Waals surface area contributed by atoms with Crippen LogP contribution in [0.2, 0.25) is 0 Å². The molecule has 0 aliphatic carbocycles. The average Bonchev–Trinajstić information content (AvgIpc) is 2.51. The number of thioether (sulfide) groups is 1. The number of carbonyl (C=O) groups is 1. The molecule has 2 rings (SSSR count). The van der Waals surface area contributed by atoms with Crippen molar-refractivity contribution in [2.45, 2.75) is 17.2 Å². The van der Waals surface area contributed by atoms with E-state index in [0.717, 1.165) is 9.50 Å². The van der Waals surface area contributed by atoms with E-state index in [2.05, 4.69) is 31.4 Å². The first-order valence-corrected chi connectivity index (χ1v) is 8.12. The number of hydrazone groups is 1.